The second-order valence-electron chi connectivity index (χ2n) is 17.4. The molecule has 0 aromatic heterocycles. The van der Waals surface area contributed by atoms with Gasteiger partial charge in [0.25, 0.3) is 0 Å². The molecule has 0 bridgehead atoms. The van der Waals surface area contributed by atoms with E-state index in [0.717, 1.165) is 103 Å². The third-order valence-electron chi connectivity index (χ3n) is 12.1. The van der Waals surface area contributed by atoms with Gasteiger partial charge >= 0.3 is 22.3 Å². The highest BCUT2D eigenvalue weighted by Gasteiger charge is 2.54. The van der Waals surface area contributed by atoms with Gasteiger partial charge in [-0.3, -0.25) is 23.8 Å². The molecule has 1 saturated heterocycles. The SMILES string of the molecule is CCCCCCCCCCC[C@@H](CC(=O)[C@H]1C(ON)O[C@H](CO)[C@@H](OS(=O)(=O)O)[C@@H]1OC(=O)CCCCCCCCc1ccccc1)OC(=O)CCCCCCCCc1ccccc1. The van der Waals surface area contributed by atoms with Crippen LogP contribution in [0.3, 0.4) is 0 Å². The molecule has 1 aliphatic rings. The third-order valence-corrected chi connectivity index (χ3v) is 12.5. The minimum atomic E-state index is -5.19. The van der Waals surface area contributed by atoms with Crippen molar-refractivity contribution in [2.45, 2.75) is 211 Å². The molecular formula is C50H79NO12S. The topological polar surface area (TPSA) is 198 Å². The summed E-state index contributed by atoms with van der Waals surface area (Å²) >= 11 is 0. The number of rotatable bonds is 37. The number of aliphatic hydroxyl groups is 1. The van der Waals surface area contributed by atoms with Crippen molar-refractivity contribution in [3.05, 3.63) is 71.8 Å². The van der Waals surface area contributed by atoms with Crippen molar-refractivity contribution in [2.24, 2.45) is 11.8 Å². The van der Waals surface area contributed by atoms with Crippen LogP contribution < -0.4 is 5.90 Å². The minimum Gasteiger partial charge on any atom is -0.462 e. The van der Waals surface area contributed by atoms with Crippen LogP contribution in [0.5, 0.6) is 0 Å². The number of carbonyl (C=O) groups is 3. The molecule has 2 aromatic rings. The van der Waals surface area contributed by atoms with Gasteiger partial charge in [0, 0.05) is 19.3 Å². The number of ether oxygens (including phenoxy) is 3. The summed E-state index contributed by atoms with van der Waals surface area (Å²) in [6.45, 7) is 1.35. The Morgan fingerprint density at radius 1 is 0.656 bits per heavy atom. The summed E-state index contributed by atoms with van der Waals surface area (Å²) in [6.07, 6.45) is 15.6. The number of unbranched alkanes of at least 4 members (excludes halogenated alkanes) is 18. The fraction of sp³-hybridized carbons (Fsp3) is 0.700. The van der Waals surface area contributed by atoms with Crippen LogP contribution in [0.15, 0.2) is 60.7 Å². The molecule has 6 atom stereocenters. The quantitative estimate of drug-likeness (QED) is 0.0251. The number of aliphatic hydroxyl groups excluding tert-OH is 1. The number of hydrogen-bond acceptors (Lipinski definition) is 12. The smallest absolute Gasteiger partial charge is 0.397 e. The van der Waals surface area contributed by atoms with Crippen molar-refractivity contribution < 1.29 is 55.7 Å². The van der Waals surface area contributed by atoms with Crippen molar-refractivity contribution in [3.63, 3.8) is 0 Å². The first kappa shape index (κ1) is 55.1. The van der Waals surface area contributed by atoms with E-state index in [1.165, 1.54) is 36.8 Å². The van der Waals surface area contributed by atoms with Gasteiger partial charge in [0.1, 0.15) is 36.1 Å². The van der Waals surface area contributed by atoms with E-state index in [4.69, 9.17) is 29.1 Å². The van der Waals surface area contributed by atoms with Gasteiger partial charge in [-0.2, -0.15) is 8.42 Å². The number of ketones is 1. The molecule has 3 rings (SSSR count). The van der Waals surface area contributed by atoms with Gasteiger partial charge in [-0.05, 0) is 62.5 Å². The molecule has 64 heavy (non-hydrogen) atoms. The molecule has 1 aliphatic heterocycles. The summed E-state index contributed by atoms with van der Waals surface area (Å²) in [7, 11) is -5.19. The number of hydrogen-bond donors (Lipinski definition) is 3. The Kier molecular flexibility index (Phi) is 28.6. The van der Waals surface area contributed by atoms with E-state index >= 15 is 0 Å². The molecular weight excluding hydrogens is 839 g/mol. The normalized spacial score (nSPS) is 19.3. The molecule has 1 unspecified atom stereocenters. The maximum absolute atomic E-state index is 14.3. The van der Waals surface area contributed by atoms with E-state index in [1.807, 2.05) is 24.3 Å². The van der Waals surface area contributed by atoms with Gasteiger partial charge in [-0.15, -0.1) is 0 Å². The number of Topliss-reactive ketones (excluding diaryl/α,β-unsaturated/α-hetero) is 1. The lowest BCUT2D eigenvalue weighted by molar-refractivity contribution is -0.280. The molecule has 13 nitrogen and oxygen atoms in total. The monoisotopic (exact) mass is 918 g/mol. The summed E-state index contributed by atoms with van der Waals surface area (Å²) in [6, 6.07) is 20.7. The lowest BCUT2D eigenvalue weighted by atomic mass is 9.85. The minimum absolute atomic E-state index is 0.0364. The van der Waals surface area contributed by atoms with Crippen LogP contribution in [0, 0.1) is 5.92 Å². The van der Waals surface area contributed by atoms with E-state index in [2.05, 4.69) is 43.3 Å². The van der Waals surface area contributed by atoms with E-state index in [1.54, 1.807) is 0 Å². The highest BCUT2D eigenvalue weighted by molar-refractivity contribution is 7.80. The largest absolute Gasteiger partial charge is 0.462 e. The second-order valence-corrected chi connectivity index (χ2v) is 18.5. The van der Waals surface area contributed by atoms with Gasteiger partial charge in [0.15, 0.2) is 6.29 Å². The Morgan fingerprint density at radius 2 is 1.12 bits per heavy atom. The Balaban J connectivity index is 1.62. The average molecular weight is 918 g/mol. The molecule has 0 radical (unpaired) electrons. The van der Waals surface area contributed by atoms with Gasteiger partial charge in [-0.1, -0.05) is 170 Å². The van der Waals surface area contributed by atoms with Crippen molar-refractivity contribution in [1.82, 2.24) is 0 Å². The van der Waals surface area contributed by atoms with Crippen LogP contribution in [-0.2, 0) is 60.9 Å². The molecule has 0 spiro atoms. The first-order valence-electron chi connectivity index (χ1n) is 24.3. The molecule has 0 aliphatic carbocycles. The number of carbonyl (C=O) groups excluding carboxylic acids is 3. The standard InChI is InChI=1S/C50H79NO12S/c1-2-3-4-5-6-7-8-15-26-35-42(59-45(54)36-27-16-11-9-13-20-29-40-31-22-18-23-32-40)38-43(53)47-49(48(63-64(56,57)58)44(39-52)60-50(47)62-51)61-46(55)37-28-17-12-10-14-21-30-41-33-24-19-25-34-41/h18-19,22-25,31-34,42,44,47-50,52H,2-17,20-21,26-30,35-39,51H2,1H3,(H,56,57,58)/t42-,44+,47+,48+,49+,50?/m0/s1. The molecule has 1 heterocycles. The number of nitrogens with two attached hydrogens (primary N) is 1. The molecule has 4 N–H and O–H groups in total. The highest BCUT2D eigenvalue weighted by atomic mass is 32.3. The Labute approximate surface area is 383 Å². The van der Waals surface area contributed by atoms with Crippen LogP contribution in [0.1, 0.15) is 179 Å². The first-order valence-corrected chi connectivity index (χ1v) is 25.7. The van der Waals surface area contributed by atoms with Crippen molar-refractivity contribution in [2.75, 3.05) is 6.61 Å². The zero-order valence-electron chi connectivity index (χ0n) is 38.5. The van der Waals surface area contributed by atoms with Crippen LogP contribution in [-0.4, -0.2) is 73.1 Å². The lowest BCUT2D eigenvalue weighted by Crippen LogP contribution is -2.61. The summed E-state index contributed by atoms with van der Waals surface area (Å²) in [5, 5.41) is 10.2. The van der Waals surface area contributed by atoms with Gasteiger partial charge in [0.05, 0.1) is 6.61 Å². The Hall–Kier alpha value is -3.24. The fourth-order valence-electron chi connectivity index (χ4n) is 8.50. The molecule has 14 heteroatoms. The molecule has 2 aromatic carbocycles. The molecule has 0 saturated carbocycles. The molecule has 1 fully saturated rings. The predicted octanol–water partition coefficient (Wildman–Crippen LogP) is 10.0. The van der Waals surface area contributed by atoms with Crippen LogP contribution in [0.25, 0.3) is 0 Å². The first-order chi connectivity index (χ1) is 31.0. The van der Waals surface area contributed by atoms with Crippen molar-refractivity contribution in [1.29, 1.82) is 0 Å². The van der Waals surface area contributed by atoms with Crippen molar-refractivity contribution >= 4 is 28.1 Å². The summed E-state index contributed by atoms with van der Waals surface area (Å²) in [5.74, 6) is 2.28. The number of aryl methyl sites for hydroxylation is 2. The number of benzene rings is 2. The highest BCUT2D eigenvalue weighted by Crippen LogP contribution is 2.34. The lowest BCUT2D eigenvalue weighted by Gasteiger charge is -2.43. The van der Waals surface area contributed by atoms with Gasteiger partial charge < -0.3 is 19.3 Å². The zero-order chi connectivity index (χ0) is 46.3. The second kappa shape index (κ2) is 33.3. The number of esters is 2. The maximum atomic E-state index is 14.3. The van der Waals surface area contributed by atoms with Crippen LogP contribution in [0.2, 0.25) is 0 Å². The average Bonchev–Trinajstić information content (AvgIpc) is 3.28. The van der Waals surface area contributed by atoms with E-state index < -0.39 is 71.4 Å². The van der Waals surface area contributed by atoms with E-state index in [0.29, 0.717) is 25.7 Å². The third kappa shape index (κ3) is 23.8. The van der Waals surface area contributed by atoms with Crippen LogP contribution >= 0.6 is 0 Å². The fourth-order valence-corrected chi connectivity index (χ4v) is 9.02. The van der Waals surface area contributed by atoms with Crippen molar-refractivity contribution in [3.8, 4) is 0 Å². The molecule has 362 valence electrons. The summed E-state index contributed by atoms with van der Waals surface area (Å²) in [4.78, 5) is 46.0. The predicted molar refractivity (Wildman–Crippen MR) is 247 cm³/mol. The Morgan fingerprint density at radius 3 is 1.61 bits per heavy atom. The Bertz CT molecular complexity index is 1650. The zero-order valence-corrected chi connectivity index (χ0v) is 39.3. The summed E-state index contributed by atoms with van der Waals surface area (Å²) < 4.78 is 56.2. The van der Waals surface area contributed by atoms with Gasteiger partial charge in [-0.25, -0.2) is 10.1 Å². The van der Waals surface area contributed by atoms with Crippen LogP contribution in [0.4, 0.5) is 0 Å². The molecule has 0 amide bonds. The van der Waals surface area contributed by atoms with E-state index in [9.17, 15) is 32.5 Å². The van der Waals surface area contributed by atoms with E-state index in [-0.39, 0.29) is 19.3 Å². The summed E-state index contributed by atoms with van der Waals surface area (Å²) in [5.41, 5.74) is 2.64. The maximum Gasteiger partial charge on any atom is 0.397 e. The van der Waals surface area contributed by atoms with Gasteiger partial charge in [0.2, 0.25) is 0 Å².